The van der Waals surface area contributed by atoms with Gasteiger partial charge in [0.2, 0.25) is 5.91 Å². The fraction of sp³-hybridized carbons (Fsp3) is 0.455. The molecule has 2 heterocycles. The number of carbonyl (C=O) groups is 1. The summed E-state index contributed by atoms with van der Waals surface area (Å²) in [4.78, 5) is 19.5. The van der Waals surface area contributed by atoms with Gasteiger partial charge in [-0.1, -0.05) is 11.6 Å². The lowest BCUT2D eigenvalue weighted by atomic mass is 10.3. The fourth-order valence-electron chi connectivity index (χ4n) is 1.87. The maximum absolute atomic E-state index is 11.2. The number of nitrogens with zero attached hydrogens (tertiary/aromatic N) is 3. The molecule has 1 amide bonds. The molecule has 0 atom stereocenters. The van der Waals surface area contributed by atoms with Gasteiger partial charge in [0, 0.05) is 43.8 Å². The van der Waals surface area contributed by atoms with Gasteiger partial charge < -0.3 is 9.80 Å². The topological polar surface area (TPSA) is 36.4 Å². The molecule has 0 bridgehead atoms. The normalized spacial score (nSPS) is 16.2. The SMILES string of the molecule is CC(=O)N1CCN(c2ncc(Br)cc2Cl)CC1. The van der Waals surface area contributed by atoms with E-state index in [-0.39, 0.29) is 5.91 Å². The summed E-state index contributed by atoms with van der Waals surface area (Å²) in [5.74, 6) is 0.914. The van der Waals surface area contributed by atoms with E-state index in [1.807, 2.05) is 11.0 Å². The number of aromatic nitrogens is 1. The van der Waals surface area contributed by atoms with E-state index in [1.165, 1.54) is 0 Å². The Kier molecular flexibility index (Phi) is 3.89. The molecule has 2 rings (SSSR count). The highest BCUT2D eigenvalue weighted by molar-refractivity contribution is 9.10. The van der Waals surface area contributed by atoms with Crippen LogP contribution in [0.25, 0.3) is 0 Å². The summed E-state index contributed by atoms with van der Waals surface area (Å²) in [6.45, 7) is 4.59. The molecule has 0 aromatic carbocycles. The van der Waals surface area contributed by atoms with Gasteiger partial charge in [0.1, 0.15) is 5.82 Å². The minimum Gasteiger partial charge on any atom is -0.352 e. The second-order valence-electron chi connectivity index (χ2n) is 3.95. The molecule has 0 spiro atoms. The average molecular weight is 319 g/mol. The summed E-state index contributed by atoms with van der Waals surface area (Å²) >= 11 is 9.48. The van der Waals surface area contributed by atoms with Crippen LogP contribution in [0, 0.1) is 0 Å². The van der Waals surface area contributed by atoms with Crippen molar-refractivity contribution in [1.82, 2.24) is 9.88 Å². The Balaban J connectivity index is 2.08. The van der Waals surface area contributed by atoms with Gasteiger partial charge in [-0.05, 0) is 22.0 Å². The molecule has 6 heteroatoms. The lowest BCUT2D eigenvalue weighted by Crippen LogP contribution is -2.48. The van der Waals surface area contributed by atoms with Crippen LogP contribution in [0.1, 0.15) is 6.92 Å². The van der Waals surface area contributed by atoms with Crippen LogP contribution in [-0.4, -0.2) is 42.0 Å². The number of piperazine rings is 1. The van der Waals surface area contributed by atoms with Crippen LogP contribution >= 0.6 is 27.5 Å². The highest BCUT2D eigenvalue weighted by atomic mass is 79.9. The highest BCUT2D eigenvalue weighted by Crippen LogP contribution is 2.26. The van der Waals surface area contributed by atoms with Crippen LogP contribution in [0.15, 0.2) is 16.7 Å². The van der Waals surface area contributed by atoms with Crippen LogP contribution < -0.4 is 4.90 Å². The van der Waals surface area contributed by atoms with Crippen molar-refractivity contribution >= 4 is 39.3 Å². The molecule has 1 saturated heterocycles. The first-order valence-electron chi connectivity index (χ1n) is 5.39. The number of pyridine rings is 1. The van der Waals surface area contributed by atoms with Crippen molar-refractivity contribution in [1.29, 1.82) is 0 Å². The Labute approximate surface area is 114 Å². The quantitative estimate of drug-likeness (QED) is 0.796. The molecule has 92 valence electrons. The van der Waals surface area contributed by atoms with Gasteiger partial charge in [0.05, 0.1) is 5.02 Å². The molecule has 17 heavy (non-hydrogen) atoms. The zero-order valence-electron chi connectivity index (χ0n) is 9.49. The van der Waals surface area contributed by atoms with Gasteiger partial charge >= 0.3 is 0 Å². The van der Waals surface area contributed by atoms with E-state index in [1.54, 1.807) is 13.1 Å². The Bertz CT molecular complexity index is 433. The van der Waals surface area contributed by atoms with Gasteiger partial charge in [-0.2, -0.15) is 0 Å². The number of hydrogen-bond donors (Lipinski definition) is 0. The molecule has 1 aromatic rings. The van der Waals surface area contributed by atoms with Crippen LogP contribution in [0.3, 0.4) is 0 Å². The lowest BCUT2D eigenvalue weighted by Gasteiger charge is -2.35. The smallest absolute Gasteiger partial charge is 0.219 e. The third kappa shape index (κ3) is 2.90. The molecule has 1 aliphatic rings. The number of hydrogen-bond acceptors (Lipinski definition) is 3. The molecular formula is C11H13BrClN3O. The van der Waals surface area contributed by atoms with Gasteiger partial charge in [-0.15, -0.1) is 0 Å². The Morgan fingerprint density at radius 3 is 2.59 bits per heavy atom. The maximum atomic E-state index is 11.2. The van der Waals surface area contributed by atoms with Crippen LogP contribution in [0.2, 0.25) is 5.02 Å². The monoisotopic (exact) mass is 317 g/mol. The summed E-state index contributed by atoms with van der Waals surface area (Å²) in [5.41, 5.74) is 0. The summed E-state index contributed by atoms with van der Waals surface area (Å²) in [5, 5.41) is 0.635. The molecule has 0 saturated carbocycles. The third-order valence-corrected chi connectivity index (χ3v) is 3.52. The van der Waals surface area contributed by atoms with Crippen molar-refractivity contribution < 1.29 is 4.79 Å². The molecule has 4 nitrogen and oxygen atoms in total. The Morgan fingerprint density at radius 1 is 1.41 bits per heavy atom. The zero-order chi connectivity index (χ0) is 12.4. The minimum absolute atomic E-state index is 0.125. The van der Waals surface area contributed by atoms with E-state index in [9.17, 15) is 4.79 Å². The number of carbonyl (C=O) groups excluding carboxylic acids is 1. The number of halogens is 2. The van der Waals surface area contributed by atoms with E-state index < -0.39 is 0 Å². The third-order valence-electron chi connectivity index (χ3n) is 2.81. The predicted octanol–water partition coefficient (Wildman–Crippen LogP) is 2.17. The van der Waals surface area contributed by atoms with Crippen molar-refractivity contribution in [2.45, 2.75) is 6.92 Å². The van der Waals surface area contributed by atoms with Crippen LogP contribution in [0.4, 0.5) is 5.82 Å². The molecule has 0 N–H and O–H groups in total. The minimum atomic E-state index is 0.125. The van der Waals surface area contributed by atoms with E-state index in [0.717, 1.165) is 36.5 Å². The second-order valence-corrected chi connectivity index (χ2v) is 5.27. The van der Waals surface area contributed by atoms with Gasteiger partial charge in [0.25, 0.3) is 0 Å². The molecule has 0 radical (unpaired) electrons. The van der Waals surface area contributed by atoms with Gasteiger partial charge in [0.15, 0.2) is 0 Å². The first-order valence-corrected chi connectivity index (χ1v) is 6.56. The Morgan fingerprint density at radius 2 is 2.06 bits per heavy atom. The van der Waals surface area contributed by atoms with Gasteiger partial charge in [-0.25, -0.2) is 4.98 Å². The second kappa shape index (κ2) is 5.23. The first kappa shape index (κ1) is 12.6. The fourth-order valence-corrected chi connectivity index (χ4v) is 2.62. The average Bonchev–Trinajstić information content (AvgIpc) is 2.29. The van der Waals surface area contributed by atoms with E-state index in [4.69, 9.17) is 11.6 Å². The molecule has 0 aliphatic carbocycles. The molecular weight excluding hydrogens is 305 g/mol. The molecule has 1 aromatic heterocycles. The van der Waals surface area contributed by atoms with Gasteiger partial charge in [-0.3, -0.25) is 4.79 Å². The standard InChI is InChI=1S/C11H13BrClN3O/c1-8(17)15-2-4-16(5-3-15)11-10(13)6-9(12)7-14-11/h6-7H,2-5H2,1H3. The van der Waals surface area contributed by atoms with Crippen LogP contribution in [-0.2, 0) is 4.79 Å². The number of rotatable bonds is 1. The summed E-state index contributed by atoms with van der Waals surface area (Å²) in [6.07, 6.45) is 1.73. The Hall–Kier alpha value is -0.810. The molecule has 0 unspecified atom stereocenters. The largest absolute Gasteiger partial charge is 0.352 e. The first-order chi connectivity index (χ1) is 8.08. The predicted molar refractivity (Wildman–Crippen MR) is 71.4 cm³/mol. The van der Waals surface area contributed by atoms with Crippen molar-refractivity contribution in [3.05, 3.63) is 21.8 Å². The van der Waals surface area contributed by atoms with E-state index >= 15 is 0 Å². The molecule has 1 aliphatic heterocycles. The van der Waals surface area contributed by atoms with Crippen molar-refractivity contribution in [2.75, 3.05) is 31.1 Å². The van der Waals surface area contributed by atoms with E-state index in [0.29, 0.717) is 5.02 Å². The van der Waals surface area contributed by atoms with Crippen LogP contribution in [0.5, 0.6) is 0 Å². The van der Waals surface area contributed by atoms with E-state index in [2.05, 4.69) is 25.8 Å². The number of anilines is 1. The summed E-state index contributed by atoms with van der Waals surface area (Å²) in [6, 6.07) is 1.83. The van der Waals surface area contributed by atoms with Crippen molar-refractivity contribution in [3.63, 3.8) is 0 Å². The molecule has 1 fully saturated rings. The van der Waals surface area contributed by atoms with Crippen molar-refractivity contribution in [2.24, 2.45) is 0 Å². The maximum Gasteiger partial charge on any atom is 0.219 e. The lowest BCUT2D eigenvalue weighted by molar-refractivity contribution is -0.129. The van der Waals surface area contributed by atoms with Crippen molar-refractivity contribution in [3.8, 4) is 0 Å². The highest BCUT2D eigenvalue weighted by Gasteiger charge is 2.21. The zero-order valence-corrected chi connectivity index (χ0v) is 11.8. The summed E-state index contributed by atoms with van der Waals surface area (Å²) < 4.78 is 0.869. The summed E-state index contributed by atoms with van der Waals surface area (Å²) in [7, 11) is 0. The number of amides is 1.